The first-order chi connectivity index (χ1) is 12.3. The van der Waals surface area contributed by atoms with E-state index in [9.17, 15) is 18.4 Å². The zero-order chi connectivity index (χ0) is 18.9. The van der Waals surface area contributed by atoms with E-state index in [1.807, 2.05) is 0 Å². The predicted molar refractivity (Wildman–Crippen MR) is 88.0 cm³/mol. The molecule has 0 radical (unpaired) electrons. The summed E-state index contributed by atoms with van der Waals surface area (Å²) in [5, 5.41) is 0. The maximum atomic E-state index is 15.0. The lowest BCUT2D eigenvalue weighted by Crippen LogP contribution is -2.43. The Hall–Kier alpha value is -2.61. The topological polar surface area (TPSA) is 70.4 Å². The van der Waals surface area contributed by atoms with Crippen LogP contribution < -0.4 is 5.69 Å². The number of hydrogen-bond acceptors (Lipinski definition) is 5. The molecule has 0 spiro atoms. The molecule has 0 aliphatic carbocycles. The van der Waals surface area contributed by atoms with Gasteiger partial charge in [0.1, 0.15) is 6.10 Å². The molecule has 3 rings (SSSR count). The number of nitrogens with zero attached hydrogens (tertiary/aromatic N) is 2. The molecule has 8 heteroatoms. The minimum absolute atomic E-state index is 0.163. The van der Waals surface area contributed by atoms with Crippen molar-refractivity contribution < 1.29 is 23.0 Å². The van der Waals surface area contributed by atoms with Gasteiger partial charge in [-0.2, -0.15) is 13.8 Å². The second-order valence-corrected chi connectivity index (χ2v) is 6.06. The Labute approximate surface area is 148 Å². The van der Waals surface area contributed by atoms with Crippen LogP contribution in [-0.2, 0) is 9.47 Å². The van der Waals surface area contributed by atoms with Crippen LogP contribution in [-0.4, -0.2) is 33.7 Å². The quantitative estimate of drug-likeness (QED) is 0.780. The molecule has 0 N–H and O–H groups in total. The summed E-state index contributed by atoms with van der Waals surface area (Å²) >= 11 is 0. The lowest BCUT2D eigenvalue weighted by Gasteiger charge is -2.24. The van der Waals surface area contributed by atoms with Gasteiger partial charge in [0, 0.05) is 11.9 Å². The lowest BCUT2D eigenvalue weighted by molar-refractivity contribution is -0.142. The van der Waals surface area contributed by atoms with Crippen molar-refractivity contribution in [3.8, 4) is 0 Å². The van der Waals surface area contributed by atoms with E-state index in [1.54, 1.807) is 32.0 Å². The molecular weight excluding hydrogens is 346 g/mol. The fourth-order valence-corrected chi connectivity index (χ4v) is 2.87. The van der Waals surface area contributed by atoms with Gasteiger partial charge in [0.25, 0.3) is 0 Å². The minimum atomic E-state index is -3.59. The number of aryl methyl sites for hydroxylation is 1. The zero-order valence-corrected chi connectivity index (χ0v) is 14.3. The van der Waals surface area contributed by atoms with Gasteiger partial charge >= 0.3 is 17.6 Å². The molecular formula is C18H18F2N2O4. The highest BCUT2D eigenvalue weighted by atomic mass is 19.3. The van der Waals surface area contributed by atoms with E-state index in [4.69, 9.17) is 9.47 Å². The molecule has 0 bridgehead atoms. The number of ether oxygens (including phenoxy) is 2. The van der Waals surface area contributed by atoms with Gasteiger partial charge < -0.3 is 9.47 Å². The molecule has 1 aromatic carbocycles. The van der Waals surface area contributed by atoms with Crippen LogP contribution in [0.15, 0.2) is 47.4 Å². The summed E-state index contributed by atoms with van der Waals surface area (Å²) in [7, 11) is 0. The molecule has 2 aromatic rings. The van der Waals surface area contributed by atoms with Crippen molar-refractivity contribution in [3.63, 3.8) is 0 Å². The second kappa shape index (κ2) is 6.95. The largest absolute Gasteiger partial charge is 0.449 e. The number of aromatic nitrogens is 2. The van der Waals surface area contributed by atoms with Crippen molar-refractivity contribution in [1.29, 1.82) is 0 Å². The van der Waals surface area contributed by atoms with Gasteiger partial charge in [-0.3, -0.25) is 4.57 Å². The maximum Gasteiger partial charge on any atom is 0.350 e. The van der Waals surface area contributed by atoms with Crippen molar-refractivity contribution in [3.05, 3.63) is 64.3 Å². The van der Waals surface area contributed by atoms with Crippen LogP contribution >= 0.6 is 0 Å². The first kappa shape index (κ1) is 18.2. The van der Waals surface area contributed by atoms with Crippen LogP contribution in [0, 0.1) is 6.92 Å². The standard InChI is InChI=1S/C18H18F2N2O4/c1-3-13-14(26-15(23)12-7-5-4-6-8-12)18(19,20)16(25-13)22-10-9-11(2)21-17(22)24/h4-10,13-14,16H,3H2,1-2H3/t13-,14?,16-/m1/s1. The molecule has 0 saturated carbocycles. The third-order valence-corrected chi connectivity index (χ3v) is 4.22. The maximum absolute atomic E-state index is 15.0. The predicted octanol–water partition coefficient (Wildman–Crippen LogP) is 2.72. The van der Waals surface area contributed by atoms with Crippen molar-refractivity contribution >= 4 is 5.97 Å². The average Bonchev–Trinajstić information content (AvgIpc) is 2.86. The third-order valence-electron chi connectivity index (χ3n) is 4.22. The molecule has 1 aromatic heterocycles. The molecule has 138 valence electrons. The Morgan fingerprint density at radius 1 is 1.31 bits per heavy atom. The molecule has 1 aliphatic heterocycles. The first-order valence-electron chi connectivity index (χ1n) is 8.19. The highest BCUT2D eigenvalue weighted by molar-refractivity contribution is 5.89. The fourth-order valence-electron chi connectivity index (χ4n) is 2.87. The van der Waals surface area contributed by atoms with E-state index in [1.165, 1.54) is 24.4 Å². The van der Waals surface area contributed by atoms with Gasteiger partial charge in [-0.15, -0.1) is 0 Å². The number of hydrogen-bond donors (Lipinski definition) is 0. The van der Waals surface area contributed by atoms with Crippen LogP contribution in [0.1, 0.15) is 35.6 Å². The number of carbonyl (C=O) groups excluding carboxylic acids is 1. The molecule has 6 nitrogen and oxygen atoms in total. The molecule has 3 atom stereocenters. The average molecular weight is 364 g/mol. The Morgan fingerprint density at radius 3 is 2.62 bits per heavy atom. The van der Waals surface area contributed by atoms with Crippen molar-refractivity contribution in [2.75, 3.05) is 0 Å². The van der Waals surface area contributed by atoms with E-state index < -0.39 is 36.0 Å². The third kappa shape index (κ3) is 3.24. The van der Waals surface area contributed by atoms with E-state index in [2.05, 4.69) is 4.98 Å². The summed E-state index contributed by atoms with van der Waals surface area (Å²) in [5.74, 6) is -4.46. The van der Waals surface area contributed by atoms with E-state index in [0.717, 1.165) is 4.57 Å². The van der Waals surface area contributed by atoms with Gasteiger partial charge in [-0.1, -0.05) is 25.1 Å². The zero-order valence-electron chi connectivity index (χ0n) is 14.3. The molecule has 26 heavy (non-hydrogen) atoms. The summed E-state index contributed by atoms with van der Waals surface area (Å²) in [6.45, 7) is 3.22. The Balaban J connectivity index is 1.90. The van der Waals surface area contributed by atoms with Gasteiger partial charge in [0.15, 0.2) is 6.10 Å². The summed E-state index contributed by atoms with van der Waals surface area (Å²) in [6.07, 6.45) is -3.35. The minimum Gasteiger partial charge on any atom is -0.449 e. The summed E-state index contributed by atoms with van der Waals surface area (Å²) in [4.78, 5) is 27.9. The van der Waals surface area contributed by atoms with Gasteiger partial charge in [0.05, 0.1) is 5.56 Å². The Morgan fingerprint density at radius 2 is 2.00 bits per heavy atom. The van der Waals surface area contributed by atoms with Crippen LogP contribution in [0.4, 0.5) is 8.78 Å². The summed E-state index contributed by atoms with van der Waals surface area (Å²) < 4.78 is 41.1. The number of alkyl halides is 2. The smallest absolute Gasteiger partial charge is 0.350 e. The number of benzene rings is 1. The fraction of sp³-hybridized carbons (Fsp3) is 0.389. The van der Waals surface area contributed by atoms with E-state index in [-0.39, 0.29) is 12.0 Å². The lowest BCUT2D eigenvalue weighted by atomic mass is 10.1. The molecule has 1 fully saturated rings. The number of esters is 1. The van der Waals surface area contributed by atoms with Gasteiger partial charge in [-0.25, -0.2) is 9.59 Å². The SMILES string of the molecule is CC[C@H]1O[C@@H](n2ccc(C)nc2=O)C(F)(F)C1OC(=O)c1ccccc1. The van der Waals surface area contributed by atoms with Crippen LogP contribution in [0.25, 0.3) is 0 Å². The van der Waals surface area contributed by atoms with Crippen molar-refractivity contribution in [1.82, 2.24) is 9.55 Å². The summed E-state index contributed by atoms with van der Waals surface area (Å²) in [6, 6.07) is 9.30. The second-order valence-electron chi connectivity index (χ2n) is 6.06. The Bertz CT molecular complexity index is 854. The van der Waals surface area contributed by atoms with Crippen LogP contribution in [0.5, 0.6) is 0 Å². The highest BCUT2D eigenvalue weighted by Crippen LogP contribution is 2.45. The molecule has 1 aliphatic rings. The first-order valence-corrected chi connectivity index (χ1v) is 8.19. The highest BCUT2D eigenvalue weighted by Gasteiger charge is 2.61. The number of halogens is 2. The summed E-state index contributed by atoms with van der Waals surface area (Å²) in [5.41, 5.74) is -0.276. The van der Waals surface area contributed by atoms with Crippen molar-refractivity contribution in [2.24, 2.45) is 0 Å². The number of carbonyl (C=O) groups is 1. The van der Waals surface area contributed by atoms with E-state index >= 15 is 0 Å². The molecule has 2 heterocycles. The van der Waals surface area contributed by atoms with Crippen LogP contribution in [0.2, 0.25) is 0 Å². The number of rotatable bonds is 4. The van der Waals surface area contributed by atoms with Crippen molar-refractivity contribution in [2.45, 2.75) is 44.6 Å². The molecule has 0 amide bonds. The molecule has 1 unspecified atom stereocenters. The van der Waals surface area contributed by atoms with Crippen LogP contribution in [0.3, 0.4) is 0 Å². The van der Waals surface area contributed by atoms with Gasteiger partial charge in [-0.05, 0) is 31.5 Å². The monoisotopic (exact) mass is 364 g/mol. The normalized spacial score (nSPS) is 24.4. The van der Waals surface area contributed by atoms with Gasteiger partial charge in [0.2, 0.25) is 6.23 Å². The molecule has 1 saturated heterocycles. The Kier molecular flexibility index (Phi) is 4.86. The van der Waals surface area contributed by atoms with E-state index in [0.29, 0.717) is 5.69 Å².